The predicted octanol–water partition coefficient (Wildman–Crippen LogP) is 1.48. The van der Waals surface area contributed by atoms with Crippen LogP contribution in [0.5, 0.6) is 0 Å². The molecule has 0 bridgehead atoms. The Morgan fingerprint density at radius 2 is 2.15 bits per heavy atom. The zero-order valence-corrected chi connectivity index (χ0v) is 11.9. The lowest BCUT2D eigenvalue weighted by atomic mass is 9.95. The minimum Gasteiger partial charge on any atom is -0.355 e. The van der Waals surface area contributed by atoms with Gasteiger partial charge < -0.3 is 10.2 Å². The monoisotopic (exact) mass is 271 g/mol. The van der Waals surface area contributed by atoms with Gasteiger partial charge in [-0.15, -0.1) is 0 Å². The van der Waals surface area contributed by atoms with Crippen molar-refractivity contribution in [3.8, 4) is 6.07 Å². The van der Waals surface area contributed by atoms with E-state index in [1.165, 1.54) is 6.92 Å². The first-order chi connectivity index (χ1) is 9.37. The fourth-order valence-electron chi connectivity index (χ4n) is 2.44. The number of anilines is 1. The molecule has 1 heterocycles. The second kappa shape index (κ2) is 4.97. The maximum absolute atomic E-state index is 12.0. The van der Waals surface area contributed by atoms with E-state index in [2.05, 4.69) is 11.4 Å². The highest BCUT2D eigenvalue weighted by Gasteiger charge is 2.38. The van der Waals surface area contributed by atoms with Crippen LogP contribution >= 0.6 is 0 Å². The molecule has 5 nitrogen and oxygen atoms in total. The van der Waals surface area contributed by atoms with Crippen LogP contribution in [-0.4, -0.2) is 30.3 Å². The molecule has 2 rings (SSSR count). The number of carbonyl (C=O) groups is 2. The van der Waals surface area contributed by atoms with Gasteiger partial charge in [0.1, 0.15) is 5.54 Å². The minimum absolute atomic E-state index is 0.0775. The fourth-order valence-corrected chi connectivity index (χ4v) is 2.44. The second-order valence-electron chi connectivity index (χ2n) is 5.37. The topological polar surface area (TPSA) is 73.2 Å². The number of hydrogen-bond acceptors (Lipinski definition) is 4. The largest absolute Gasteiger partial charge is 0.355 e. The van der Waals surface area contributed by atoms with Crippen LogP contribution in [0.1, 0.15) is 36.7 Å². The Morgan fingerprint density at radius 3 is 2.75 bits per heavy atom. The minimum atomic E-state index is -0.753. The summed E-state index contributed by atoms with van der Waals surface area (Å²) in [4.78, 5) is 25.7. The summed E-state index contributed by atoms with van der Waals surface area (Å²) < 4.78 is 0. The van der Waals surface area contributed by atoms with E-state index < -0.39 is 5.54 Å². The molecule has 0 radical (unpaired) electrons. The average Bonchev–Trinajstić information content (AvgIpc) is 2.41. The highest BCUT2D eigenvalue weighted by Crippen LogP contribution is 2.30. The molecule has 1 aromatic rings. The van der Waals surface area contributed by atoms with Crippen LogP contribution in [0.3, 0.4) is 0 Å². The van der Waals surface area contributed by atoms with Gasteiger partial charge in [-0.05, 0) is 39.0 Å². The molecule has 20 heavy (non-hydrogen) atoms. The Hall–Kier alpha value is -2.35. The van der Waals surface area contributed by atoms with E-state index in [1.807, 2.05) is 18.7 Å². The molecule has 1 aromatic carbocycles. The van der Waals surface area contributed by atoms with Crippen LogP contribution in [0.25, 0.3) is 0 Å². The molecule has 1 amide bonds. The predicted molar refractivity (Wildman–Crippen MR) is 75.6 cm³/mol. The summed E-state index contributed by atoms with van der Waals surface area (Å²) in [6.07, 6.45) is 0. The summed E-state index contributed by atoms with van der Waals surface area (Å²) in [5.74, 6) is -0.160. The number of nitriles is 1. The van der Waals surface area contributed by atoms with Crippen LogP contribution in [0.2, 0.25) is 0 Å². The van der Waals surface area contributed by atoms with Crippen molar-refractivity contribution < 1.29 is 9.59 Å². The molecule has 0 unspecified atom stereocenters. The van der Waals surface area contributed by atoms with Gasteiger partial charge in [0.15, 0.2) is 5.78 Å². The van der Waals surface area contributed by atoms with Gasteiger partial charge >= 0.3 is 0 Å². The number of ketones is 1. The lowest BCUT2D eigenvalue weighted by Gasteiger charge is -2.43. The SMILES string of the molecule is CC(=O)c1ccc(C#N)cc1N1CCNC(=O)C1(C)C. The van der Waals surface area contributed by atoms with E-state index in [1.54, 1.807) is 18.2 Å². The van der Waals surface area contributed by atoms with Gasteiger partial charge in [-0.2, -0.15) is 5.26 Å². The molecule has 1 aliphatic rings. The third kappa shape index (κ3) is 2.25. The molecular formula is C15H17N3O2. The fraction of sp³-hybridized carbons (Fsp3) is 0.400. The van der Waals surface area contributed by atoms with Crippen molar-refractivity contribution in [2.45, 2.75) is 26.3 Å². The lowest BCUT2D eigenvalue weighted by molar-refractivity contribution is -0.126. The molecule has 0 spiro atoms. The molecule has 0 saturated carbocycles. The highest BCUT2D eigenvalue weighted by molar-refractivity contribution is 6.01. The third-order valence-electron chi connectivity index (χ3n) is 3.65. The first-order valence-electron chi connectivity index (χ1n) is 6.49. The maximum Gasteiger partial charge on any atom is 0.245 e. The molecular weight excluding hydrogens is 254 g/mol. The number of nitrogens with zero attached hydrogens (tertiary/aromatic N) is 2. The Labute approximate surface area is 118 Å². The Kier molecular flexibility index (Phi) is 3.49. The van der Waals surface area contributed by atoms with Gasteiger partial charge in [-0.25, -0.2) is 0 Å². The normalized spacial score (nSPS) is 17.3. The number of piperazine rings is 1. The molecule has 1 fully saturated rings. The first kappa shape index (κ1) is 14.1. The number of carbonyl (C=O) groups excluding carboxylic acids is 2. The summed E-state index contributed by atoms with van der Waals surface area (Å²) in [6.45, 7) is 6.24. The number of nitrogens with one attached hydrogen (secondary N) is 1. The van der Waals surface area contributed by atoms with Gasteiger partial charge in [-0.3, -0.25) is 9.59 Å². The van der Waals surface area contributed by atoms with E-state index in [0.717, 1.165) is 0 Å². The van der Waals surface area contributed by atoms with Gasteiger partial charge in [-0.1, -0.05) is 0 Å². The van der Waals surface area contributed by atoms with Crippen molar-refractivity contribution >= 4 is 17.4 Å². The number of amides is 1. The summed E-state index contributed by atoms with van der Waals surface area (Å²) >= 11 is 0. The molecule has 0 atom stereocenters. The van der Waals surface area contributed by atoms with E-state index in [4.69, 9.17) is 5.26 Å². The van der Waals surface area contributed by atoms with E-state index >= 15 is 0 Å². The molecule has 0 aromatic heterocycles. The second-order valence-corrected chi connectivity index (χ2v) is 5.37. The highest BCUT2D eigenvalue weighted by atomic mass is 16.2. The van der Waals surface area contributed by atoms with Crippen LogP contribution in [0, 0.1) is 11.3 Å². The van der Waals surface area contributed by atoms with Crippen molar-refractivity contribution in [3.63, 3.8) is 0 Å². The molecule has 104 valence electrons. The van der Waals surface area contributed by atoms with E-state index in [-0.39, 0.29) is 11.7 Å². The first-order valence-corrected chi connectivity index (χ1v) is 6.49. The average molecular weight is 271 g/mol. The van der Waals surface area contributed by atoms with Crippen molar-refractivity contribution in [2.24, 2.45) is 0 Å². The number of Topliss-reactive ketones (excluding diaryl/α,β-unsaturated/α-hetero) is 1. The van der Waals surface area contributed by atoms with Crippen LogP contribution < -0.4 is 10.2 Å². The van der Waals surface area contributed by atoms with Gasteiger partial charge in [0.25, 0.3) is 0 Å². The van der Waals surface area contributed by atoms with Gasteiger partial charge in [0, 0.05) is 24.3 Å². The lowest BCUT2D eigenvalue weighted by Crippen LogP contribution is -2.62. The smallest absolute Gasteiger partial charge is 0.245 e. The maximum atomic E-state index is 12.0. The number of rotatable bonds is 2. The summed E-state index contributed by atoms with van der Waals surface area (Å²) in [5, 5.41) is 11.9. The van der Waals surface area contributed by atoms with Crippen LogP contribution in [-0.2, 0) is 4.79 Å². The van der Waals surface area contributed by atoms with Crippen molar-refractivity contribution in [2.75, 3.05) is 18.0 Å². The number of benzene rings is 1. The summed E-state index contributed by atoms with van der Waals surface area (Å²) in [6, 6.07) is 7.02. The van der Waals surface area contributed by atoms with Crippen molar-refractivity contribution in [1.82, 2.24) is 5.32 Å². The number of hydrogen-bond donors (Lipinski definition) is 1. The Bertz CT molecular complexity index is 614. The van der Waals surface area contributed by atoms with Gasteiger partial charge in [0.05, 0.1) is 11.6 Å². The van der Waals surface area contributed by atoms with E-state index in [0.29, 0.717) is 29.9 Å². The zero-order chi connectivity index (χ0) is 14.9. The summed E-state index contributed by atoms with van der Waals surface area (Å²) in [7, 11) is 0. The van der Waals surface area contributed by atoms with E-state index in [9.17, 15) is 9.59 Å². The standard InChI is InChI=1S/C15H17N3O2/c1-10(19)12-5-4-11(9-16)8-13(12)18-7-6-17-14(20)15(18,2)3/h4-5,8H,6-7H2,1-3H3,(H,17,20). The Balaban J connectivity index is 2.58. The molecule has 1 aliphatic heterocycles. The molecule has 1 N–H and O–H groups in total. The van der Waals surface area contributed by atoms with Crippen molar-refractivity contribution in [3.05, 3.63) is 29.3 Å². The Morgan fingerprint density at radius 1 is 1.45 bits per heavy atom. The van der Waals surface area contributed by atoms with Crippen molar-refractivity contribution in [1.29, 1.82) is 5.26 Å². The molecule has 1 saturated heterocycles. The molecule has 5 heteroatoms. The zero-order valence-electron chi connectivity index (χ0n) is 11.9. The van der Waals surface area contributed by atoms with Gasteiger partial charge in [0.2, 0.25) is 5.91 Å². The quantitative estimate of drug-likeness (QED) is 0.827. The van der Waals surface area contributed by atoms with Crippen LogP contribution in [0.4, 0.5) is 5.69 Å². The van der Waals surface area contributed by atoms with Crippen LogP contribution in [0.15, 0.2) is 18.2 Å². The molecule has 0 aliphatic carbocycles. The third-order valence-corrected chi connectivity index (χ3v) is 3.65. The summed E-state index contributed by atoms with van der Waals surface area (Å²) in [5.41, 5.74) is 0.909.